The highest BCUT2D eigenvalue weighted by Gasteiger charge is 2.07. The lowest BCUT2D eigenvalue weighted by Gasteiger charge is -2.11. The predicted octanol–water partition coefficient (Wildman–Crippen LogP) is 5.31. The lowest BCUT2D eigenvalue weighted by atomic mass is 10.0. The minimum absolute atomic E-state index is 0.561. The molecule has 0 N–H and O–H groups in total. The van der Waals surface area contributed by atoms with Gasteiger partial charge in [-0.15, -0.1) is 0 Å². The van der Waals surface area contributed by atoms with Crippen molar-refractivity contribution in [1.82, 2.24) is 0 Å². The Labute approximate surface area is 145 Å². The molecule has 2 aromatic rings. The average Bonchev–Trinajstić information content (AvgIpc) is 2.56. The van der Waals surface area contributed by atoms with Gasteiger partial charge in [0.25, 0.3) is 0 Å². The predicted molar refractivity (Wildman–Crippen MR) is 96.4 cm³/mol. The Morgan fingerprint density at radius 3 is 2.30 bits per heavy atom. The summed E-state index contributed by atoms with van der Waals surface area (Å²) in [4.78, 5) is 0. The summed E-state index contributed by atoms with van der Waals surface area (Å²) in [5, 5.41) is 9.44. The van der Waals surface area contributed by atoms with Gasteiger partial charge >= 0.3 is 0 Å². The van der Waals surface area contributed by atoms with E-state index in [0.717, 1.165) is 15.6 Å². The van der Waals surface area contributed by atoms with Crippen molar-refractivity contribution in [3.05, 3.63) is 58.1 Å². The molecule has 0 heterocycles. The van der Waals surface area contributed by atoms with Crippen molar-refractivity contribution in [2.45, 2.75) is 13.8 Å². The molecule has 0 atom stereocenters. The van der Waals surface area contributed by atoms with Crippen LogP contribution in [0.4, 0.5) is 0 Å². The Morgan fingerprint density at radius 2 is 1.70 bits per heavy atom. The second-order valence-electron chi connectivity index (χ2n) is 4.75. The second kappa shape index (κ2) is 8.40. The minimum atomic E-state index is 0.561. The van der Waals surface area contributed by atoms with Crippen molar-refractivity contribution in [3.63, 3.8) is 0 Å². The van der Waals surface area contributed by atoms with E-state index in [9.17, 15) is 5.26 Å². The Kier molecular flexibility index (Phi) is 6.25. The second-order valence-corrected chi connectivity index (χ2v) is 5.66. The summed E-state index contributed by atoms with van der Waals surface area (Å²) in [6, 6.07) is 15.6. The standard InChI is InChI=1S/C19H18BrNO2/c1-3-22-18-10-5-14(12-19(18)23-4-2)11-16(13-21)15-6-8-17(20)9-7-15/h5-12H,3-4H2,1-2H3. The van der Waals surface area contributed by atoms with Crippen LogP contribution in [0.2, 0.25) is 0 Å². The van der Waals surface area contributed by atoms with Crippen molar-refractivity contribution in [2.24, 2.45) is 0 Å². The molecule has 2 rings (SSSR count). The number of hydrogen-bond acceptors (Lipinski definition) is 3. The third kappa shape index (κ3) is 4.61. The zero-order valence-electron chi connectivity index (χ0n) is 13.2. The van der Waals surface area contributed by atoms with Gasteiger partial charge in [0.1, 0.15) is 0 Å². The fraction of sp³-hybridized carbons (Fsp3) is 0.211. The lowest BCUT2D eigenvalue weighted by Crippen LogP contribution is -1.98. The lowest BCUT2D eigenvalue weighted by molar-refractivity contribution is 0.287. The van der Waals surface area contributed by atoms with Crippen molar-refractivity contribution in [2.75, 3.05) is 13.2 Å². The molecule has 0 amide bonds. The first kappa shape index (κ1) is 17.1. The number of nitriles is 1. The number of rotatable bonds is 6. The Balaban J connectivity index is 2.37. The largest absolute Gasteiger partial charge is 0.490 e. The van der Waals surface area contributed by atoms with E-state index in [1.165, 1.54) is 0 Å². The topological polar surface area (TPSA) is 42.2 Å². The molecule has 0 aliphatic carbocycles. The van der Waals surface area contributed by atoms with Crippen LogP contribution in [0.3, 0.4) is 0 Å². The van der Waals surface area contributed by atoms with Crippen LogP contribution in [-0.4, -0.2) is 13.2 Å². The van der Waals surface area contributed by atoms with Crippen molar-refractivity contribution in [1.29, 1.82) is 5.26 Å². The summed E-state index contributed by atoms with van der Waals surface area (Å²) in [5.74, 6) is 1.41. The van der Waals surface area contributed by atoms with E-state index in [1.54, 1.807) is 0 Å². The zero-order chi connectivity index (χ0) is 16.7. The molecule has 0 aliphatic rings. The van der Waals surface area contributed by atoms with Crippen LogP contribution in [0.5, 0.6) is 11.5 Å². The number of ether oxygens (including phenoxy) is 2. The van der Waals surface area contributed by atoms with Crippen molar-refractivity contribution < 1.29 is 9.47 Å². The smallest absolute Gasteiger partial charge is 0.161 e. The van der Waals surface area contributed by atoms with Crippen LogP contribution < -0.4 is 9.47 Å². The van der Waals surface area contributed by atoms with Gasteiger partial charge < -0.3 is 9.47 Å². The van der Waals surface area contributed by atoms with Gasteiger partial charge in [0.05, 0.1) is 24.9 Å². The summed E-state index contributed by atoms with van der Waals surface area (Å²) >= 11 is 3.40. The van der Waals surface area contributed by atoms with Gasteiger partial charge in [0, 0.05) is 4.47 Å². The van der Waals surface area contributed by atoms with Crippen LogP contribution in [0.25, 0.3) is 11.6 Å². The molecule has 0 unspecified atom stereocenters. The van der Waals surface area contributed by atoms with Crippen LogP contribution in [0, 0.1) is 11.3 Å². The fourth-order valence-electron chi connectivity index (χ4n) is 2.13. The highest BCUT2D eigenvalue weighted by atomic mass is 79.9. The maximum Gasteiger partial charge on any atom is 0.161 e. The highest BCUT2D eigenvalue weighted by molar-refractivity contribution is 9.10. The number of hydrogen-bond donors (Lipinski definition) is 0. The molecule has 0 aromatic heterocycles. The van der Waals surface area contributed by atoms with Crippen LogP contribution in [-0.2, 0) is 0 Å². The van der Waals surface area contributed by atoms with E-state index in [1.807, 2.05) is 62.4 Å². The van der Waals surface area contributed by atoms with Gasteiger partial charge in [0.2, 0.25) is 0 Å². The molecule has 4 heteroatoms. The number of allylic oxidation sites excluding steroid dienone is 1. The van der Waals surface area contributed by atoms with E-state index in [2.05, 4.69) is 22.0 Å². The first-order chi connectivity index (χ1) is 11.2. The minimum Gasteiger partial charge on any atom is -0.490 e. The molecule has 0 saturated heterocycles. The summed E-state index contributed by atoms with van der Waals surface area (Å²) < 4.78 is 12.2. The quantitative estimate of drug-likeness (QED) is 0.510. The summed E-state index contributed by atoms with van der Waals surface area (Å²) in [6.45, 7) is 5.01. The molecule has 118 valence electrons. The zero-order valence-corrected chi connectivity index (χ0v) is 14.8. The fourth-order valence-corrected chi connectivity index (χ4v) is 2.40. The molecule has 0 bridgehead atoms. The monoisotopic (exact) mass is 371 g/mol. The number of nitrogens with zero attached hydrogens (tertiary/aromatic N) is 1. The molecule has 0 aliphatic heterocycles. The molecule has 0 radical (unpaired) electrons. The van der Waals surface area contributed by atoms with Gasteiger partial charge in [0.15, 0.2) is 11.5 Å². The molecular formula is C19H18BrNO2. The van der Waals surface area contributed by atoms with Gasteiger partial charge in [-0.3, -0.25) is 0 Å². The maximum atomic E-state index is 9.44. The van der Waals surface area contributed by atoms with Crippen LogP contribution in [0.1, 0.15) is 25.0 Å². The number of benzene rings is 2. The van der Waals surface area contributed by atoms with Gasteiger partial charge in [-0.05, 0) is 55.3 Å². The first-order valence-electron chi connectivity index (χ1n) is 7.45. The normalized spacial score (nSPS) is 11.0. The molecule has 0 saturated carbocycles. The molecule has 23 heavy (non-hydrogen) atoms. The van der Waals surface area contributed by atoms with E-state index in [0.29, 0.717) is 30.3 Å². The van der Waals surface area contributed by atoms with Gasteiger partial charge in [-0.25, -0.2) is 0 Å². The average molecular weight is 372 g/mol. The highest BCUT2D eigenvalue weighted by Crippen LogP contribution is 2.30. The van der Waals surface area contributed by atoms with E-state index < -0.39 is 0 Å². The third-order valence-electron chi connectivity index (χ3n) is 3.15. The van der Waals surface area contributed by atoms with Gasteiger partial charge in [-0.1, -0.05) is 34.1 Å². The van der Waals surface area contributed by atoms with Crippen LogP contribution >= 0.6 is 15.9 Å². The van der Waals surface area contributed by atoms with Crippen molar-refractivity contribution in [3.8, 4) is 17.6 Å². The van der Waals surface area contributed by atoms with Crippen LogP contribution in [0.15, 0.2) is 46.9 Å². The summed E-state index contributed by atoms with van der Waals surface area (Å²) in [5.41, 5.74) is 2.38. The molecule has 2 aromatic carbocycles. The molecule has 0 fully saturated rings. The Bertz CT molecular complexity index is 730. The summed E-state index contributed by atoms with van der Waals surface area (Å²) in [7, 11) is 0. The van der Waals surface area contributed by atoms with Crippen molar-refractivity contribution >= 4 is 27.6 Å². The van der Waals surface area contributed by atoms with Gasteiger partial charge in [-0.2, -0.15) is 5.26 Å². The number of halogens is 1. The first-order valence-corrected chi connectivity index (χ1v) is 8.24. The molecule has 3 nitrogen and oxygen atoms in total. The van der Waals surface area contributed by atoms with E-state index >= 15 is 0 Å². The molecular weight excluding hydrogens is 354 g/mol. The Morgan fingerprint density at radius 1 is 1.04 bits per heavy atom. The molecule has 0 spiro atoms. The van der Waals surface area contributed by atoms with E-state index in [-0.39, 0.29) is 0 Å². The summed E-state index contributed by atoms with van der Waals surface area (Å²) in [6.07, 6.45) is 1.85. The SMILES string of the molecule is CCOc1ccc(C=C(C#N)c2ccc(Br)cc2)cc1OCC. The Hall–Kier alpha value is -2.25. The maximum absolute atomic E-state index is 9.44. The van der Waals surface area contributed by atoms with E-state index in [4.69, 9.17) is 9.47 Å². The third-order valence-corrected chi connectivity index (χ3v) is 3.68.